The smallest absolute Gasteiger partial charge is 0.416 e. The van der Waals surface area contributed by atoms with E-state index in [1.807, 2.05) is 6.92 Å². The van der Waals surface area contributed by atoms with Crippen molar-refractivity contribution in [2.75, 3.05) is 7.11 Å². The number of rotatable bonds is 6. The van der Waals surface area contributed by atoms with Gasteiger partial charge in [-0.3, -0.25) is 0 Å². The van der Waals surface area contributed by atoms with Crippen molar-refractivity contribution in [2.24, 2.45) is 0 Å². The molecule has 1 aromatic carbocycles. The van der Waals surface area contributed by atoms with E-state index in [0.717, 1.165) is 12.0 Å². The lowest BCUT2D eigenvalue weighted by molar-refractivity contribution is -0.143. The molecule has 0 aliphatic carbocycles. The number of nitrogens with zero attached hydrogens (tertiary/aromatic N) is 3. The summed E-state index contributed by atoms with van der Waals surface area (Å²) in [7, 11) is 1.07. The Bertz CT molecular complexity index is 1160. The molecule has 0 bridgehead atoms. The van der Waals surface area contributed by atoms with Gasteiger partial charge in [0, 0.05) is 37.2 Å². The molecule has 3 atom stereocenters. The number of piperidine rings is 1. The van der Waals surface area contributed by atoms with E-state index in [0.29, 0.717) is 24.2 Å². The molecule has 0 spiro atoms. The number of benzene rings is 1. The number of methoxy groups -OCH3 is 1. The second kappa shape index (κ2) is 12.2. The van der Waals surface area contributed by atoms with Gasteiger partial charge >= 0.3 is 24.5 Å². The molecule has 2 amide bonds. The number of carbonyl (C=O) groups is 2. The second-order valence-corrected chi connectivity index (χ2v) is 10.9. The first-order valence-corrected chi connectivity index (χ1v) is 13.0. The number of carbonyl (C=O) groups excluding carboxylic acids is 2. The fourth-order valence-corrected chi connectivity index (χ4v) is 5.01. The number of likely N-dealkylation sites (tertiary alicyclic amines) is 1. The van der Waals surface area contributed by atoms with Gasteiger partial charge in [0.1, 0.15) is 11.9 Å². The maximum absolute atomic E-state index is 13.5. The summed E-state index contributed by atoms with van der Waals surface area (Å²) in [5.41, 5.74) is -3.63. The summed E-state index contributed by atoms with van der Waals surface area (Å²) < 4.78 is 96.3. The molecule has 3 rings (SSSR count). The minimum atomic E-state index is -5.04. The van der Waals surface area contributed by atoms with Crippen molar-refractivity contribution in [2.45, 2.75) is 96.0 Å². The topological polar surface area (TPSA) is 85.1 Å². The Morgan fingerprint density at radius 3 is 2.07 bits per heavy atom. The van der Waals surface area contributed by atoms with E-state index >= 15 is 0 Å². The van der Waals surface area contributed by atoms with Crippen LogP contribution in [0.4, 0.5) is 35.9 Å². The van der Waals surface area contributed by atoms with Gasteiger partial charge in [-0.15, -0.1) is 0 Å². The molecular weight excluding hydrogens is 560 g/mol. The Kier molecular flexibility index (Phi) is 9.54. The maximum Gasteiger partial charge on any atom is 0.416 e. The van der Waals surface area contributed by atoms with Crippen molar-refractivity contribution < 1.29 is 49.9 Å². The highest BCUT2D eigenvalue weighted by Gasteiger charge is 2.43. The standard InChI is InChI=1S/C27H33F6N3O5/c1-6-20-13-21(14-22(12-19-7-8-40-34-19)36(20)24(38)41-25(2,3)4)35(23(37)39-5)15-16-9-17(26(28,29)30)11-18(10-16)27(31,32)33/h7-11,20-22H,6,12-15H2,1-5H3/t20-,21+,22+/m1/s1. The van der Waals surface area contributed by atoms with Crippen LogP contribution < -0.4 is 0 Å². The monoisotopic (exact) mass is 593 g/mol. The molecule has 228 valence electrons. The highest BCUT2D eigenvalue weighted by molar-refractivity contribution is 5.70. The third kappa shape index (κ3) is 8.29. The Hall–Kier alpha value is -3.45. The number of alkyl halides is 6. The van der Waals surface area contributed by atoms with Crippen molar-refractivity contribution in [3.8, 4) is 0 Å². The van der Waals surface area contributed by atoms with Crippen LogP contribution in [0.5, 0.6) is 0 Å². The third-order valence-electron chi connectivity index (χ3n) is 6.74. The average molecular weight is 594 g/mol. The second-order valence-electron chi connectivity index (χ2n) is 10.9. The summed E-state index contributed by atoms with van der Waals surface area (Å²) in [4.78, 5) is 28.9. The molecule has 1 aromatic heterocycles. The molecule has 0 N–H and O–H groups in total. The lowest BCUT2D eigenvalue weighted by Crippen LogP contribution is -2.58. The molecule has 1 fully saturated rings. The van der Waals surface area contributed by atoms with E-state index in [4.69, 9.17) is 14.0 Å². The van der Waals surface area contributed by atoms with Crippen molar-refractivity contribution in [1.82, 2.24) is 15.0 Å². The number of amides is 2. The van der Waals surface area contributed by atoms with Crippen LogP contribution in [-0.2, 0) is 34.8 Å². The molecule has 2 heterocycles. The molecule has 0 unspecified atom stereocenters. The van der Waals surface area contributed by atoms with Crippen LogP contribution >= 0.6 is 0 Å². The van der Waals surface area contributed by atoms with Crippen molar-refractivity contribution in [3.63, 3.8) is 0 Å². The maximum atomic E-state index is 13.5. The summed E-state index contributed by atoms with van der Waals surface area (Å²) in [6, 6.07) is 1.06. The third-order valence-corrected chi connectivity index (χ3v) is 6.74. The molecule has 1 aliphatic rings. The Balaban J connectivity index is 2.01. The van der Waals surface area contributed by atoms with Crippen LogP contribution in [0.25, 0.3) is 0 Å². The van der Waals surface area contributed by atoms with Crippen LogP contribution in [0.2, 0.25) is 0 Å². The van der Waals surface area contributed by atoms with Crippen molar-refractivity contribution >= 4 is 12.2 Å². The van der Waals surface area contributed by atoms with Crippen molar-refractivity contribution in [1.29, 1.82) is 0 Å². The predicted octanol–water partition coefficient (Wildman–Crippen LogP) is 7.07. The zero-order valence-electron chi connectivity index (χ0n) is 23.3. The molecule has 8 nitrogen and oxygen atoms in total. The van der Waals surface area contributed by atoms with Crippen LogP contribution in [0.3, 0.4) is 0 Å². The van der Waals surface area contributed by atoms with Crippen molar-refractivity contribution in [3.05, 3.63) is 52.9 Å². The summed E-state index contributed by atoms with van der Waals surface area (Å²) in [5, 5.41) is 3.91. The van der Waals surface area contributed by atoms with Gasteiger partial charge < -0.3 is 23.8 Å². The van der Waals surface area contributed by atoms with E-state index < -0.39 is 65.9 Å². The van der Waals surface area contributed by atoms with E-state index in [2.05, 4.69) is 5.16 Å². The van der Waals surface area contributed by atoms with E-state index in [9.17, 15) is 35.9 Å². The average Bonchev–Trinajstić information content (AvgIpc) is 3.37. The minimum Gasteiger partial charge on any atom is -0.453 e. The van der Waals surface area contributed by atoms with Gasteiger partial charge in [0.25, 0.3) is 0 Å². The fourth-order valence-electron chi connectivity index (χ4n) is 5.01. The van der Waals surface area contributed by atoms with Gasteiger partial charge in [-0.05, 0) is 63.8 Å². The first-order chi connectivity index (χ1) is 18.9. The molecule has 41 heavy (non-hydrogen) atoms. The Morgan fingerprint density at radius 2 is 1.61 bits per heavy atom. The molecular formula is C27H33F6N3O5. The van der Waals surface area contributed by atoms with Crippen LogP contribution in [0.1, 0.15) is 69.3 Å². The Morgan fingerprint density at radius 1 is 1.02 bits per heavy atom. The predicted molar refractivity (Wildman–Crippen MR) is 134 cm³/mol. The van der Waals surface area contributed by atoms with E-state index in [1.54, 1.807) is 31.7 Å². The first-order valence-electron chi connectivity index (χ1n) is 13.0. The van der Waals surface area contributed by atoms with Gasteiger partial charge in [0.2, 0.25) is 0 Å². The summed E-state index contributed by atoms with van der Waals surface area (Å²) in [6.07, 6.45) is -9.29. The number of hydrogen-bond acceptors (Lipinski definition) is 6. The van der Waals surface area contributed by atoms with Gasteiger partial charge in [-0.1, -0.05) is 12.1 Å². The number of aromatic nitrogens is 1. The molecule has 0 saturated carbocycles. The highest BCUT2D eigenvalue weighted by atomic mass is 19.4. The summed E-state index contributed by atoms with van der Waals surface area (Å²) in [5.74, 6) is 0. The zero-order chi connectivity index (χ0) is 30.8. The molecule has 1 saturated heterocycles. The lowest BCUT2D eigenvalue weighted by atomic mass is 9.87. The van der Waals surface area contributed by atoms with Gasteiger partial charge in [-0.25, -0.2) is 9.59 Å². The fraction of sp³-hybridized carbons (Fsp3) is 0.593. The first kappa shape index (κ1) is 32.1. The zero-order valence-corrected chi connectivity index (χ0v) is 23.3. The number of hydrogen-bond donors (Lipinski definition) is 0. The van der Waals surface area contributed by atoms with Crippen LogP contribution in [-0.4, -0.2) is 58.0 Å². The molecule has 2 aromatic rings. The molecule has 0 radical (unpaired) electrons. The van der Waals surface area contributed by atoms with Crippen LogP contribution in [0, 0.1) is 0 Å². The van der Waals surface area contributed by atoms with E-state index in [1.165, 1.54) is 6.26 Å². The molecule has 14 heteroatoms. The summed E-state index contributed by atoms with van der Waals surface area (Å²) in [6.45, 7) is 6.39. The largest absolute Gasteiger partial charge is 0.453 e. The van der Waals surface area contributed by atoms with Crippen LogP contribution in [0.15, 0.2) is 35.1 Å². The number of halogens is 6. The number of ether oxygens (including phenoxy) is 2. The minimum absolute atomic E-state index is 0.0341. The van der Waals surface area contributed by atoms with E-state index in [-0.39, 0.29) is 30.9 Å². The van der Waals surface area contributed by atoms with Gasteiger partial charge in [0.05, 0.1) is 23.9 Å². The van der Waals surface area contributed by atoms with Gasteiger partial charge in [0.15, 0.2) is 0 Å². The quantitative estimate of drug-likeness (QED) is 0.333. The Labute approximate surface area is 233 Å². The lowest BCUT2D eigenvalue weighted by Gasteiger charge is -2.47. The molecule has 1 aliphatic heterocycles. The SMILES string of the molecule is CC[C@@H]1C[C@H](N(Cc2cc(C(F)(F)F)cc(C(F)(F)F)c2)C(=O)OC)C[C@H](Cc2ccon2)N1C(=O)OC(C)(C)C. The van der Waals surface area contributed by atoms with Gasteiger partial charge in [-0.2, -0.15) is 26.3 Å². The normalized spacial score (nSPS) is 20.1. The highest BCUT2D eigenvalue weighted by Crippen LogP contribution is 2.38. The summed E-state index contributed by atoms with van der Waals surface area (Å²) >= 11 is 0.